The van der Waals surface area contributed by atoms with Crippen LogP contribution in [-0.2, 0) is 23.7 Å². The zero-order valence-electron chi connectivity index (χ0n) is 8.90. The van der Waals surface area contributed by atoms with Gasteiger partial charge in [0.2, 0.25) is 0 Å². The van der Waals surface area contributed by atoms with E-state index in [1.54, 1.807) is 6.92 Å². The summed E-state index contributed by atoms with van der Waals surface area (Å²) in [6.07, 6.45) is -0.537. The van der Waals surface area contributed by atoms with E-state index < -0.39 is 17.9 Å². The highest BCUT2D eigenvalue weighted by Crippen LogP contribution is 2.34. The van der Waals surface area contributed by atoms with Crippen molar-refractivity contribution in [2.45, 2.75) is 31.3 Å². The van der Waals surface area contributed by atoms with E-state index in [9.17, 15) is 4.79 Å². The molecule has 1 rings (SSSR count). The maximum absolute atomic E-state index is 11.2. The highest BCUT2D eigenvalue weighted by molar-refractivity contribution is 5.75. The molecule has 0 aromatic rings. The molecule has 5 nitrogen and oxygen atoms in total. The predicted octanol–water partition coefficient (Wildman–Crippen LogP) is 0.326. The van der Waals surface area contributed by atoms with Crippen molar-refractivity contribution in [3.63, 3.8) is 0 Å². The van der Waals surface area contributed by atoms with E-state index >= 15 is 0 Å². The molecular formula is C9H16O5. The van der Waals surface area contributed by atoms with Crippen molar-refractivity contribution in [2.24, 2.45) is 0 Å². The maximum Gasteiger partial charge on any atom is 0.335 e. The molecule has 2 atom stereocenters. The SMILES string of the molecule is COC(=O)C1CC(OC)(OC)C(C)O1. The Morgan fingerprint density at radius 3 is 2.29 bits per heavy atom. The van der Waals surface area contributed by atoms with E-state index in [1.165, 1.54) is 21.3 Å². The number of carbonyl (C=O) groups excluding carboxylic acids is 1. The molecule has 0 radical (unpaired) electrons. The molecule has 1 fully saturated rings. The molecule has 2 unspecified atom stereocenters. The predicted molar refractivity (Wildman–Crippen MR) is 47.7 cm³/mol. The monoisotopic (exact) mass is 204 g/mol. The van der Waals surface area contributed by atoms with Crippen LogP contribution >= 0.6 is 0 Å². The molecule has 0 N–H and O–H groups in total. The Bertz CT molecular complexity index is 211. The summed E-state index contributed by atoms with van der Waals surface area (Å²) in [5, 5.41) is 0. The molecule has 0 spiro atoms. The summed E-state index contributed by atoms with van der Waals surface area (Å²) < 4.78 is 20.4. The lowest BCUT2D eigenvalue weighted by Gasteiger charge is -2.28. The minimum absolute atomic E-state index is 0.290. The molecule has 1 heterocycles. The van der Waals surface area contributed by atoms with Gasteiger partial charge in [0, 0.05) is 20.6 Å². The van der Waals surface area contributed by atoms with Crippen LogP contribution in [0.3, 0.4) is 0 Å². The minimum atomic E-state index is -0.834. The van der Waals surface area contributed by atoms with Gasteiger partial charge in [0.15, 0.2) is 11.9 Å². The first-order valence-corrected chi connectivity index (χ1v) is 4.43. The Hall–Kier alpha value is -0.650. The summed E-state index contributed by atoms with van der Waals surface area (Å²) in [4.78, 5) is 11.2. The summed E-state index contributed by atoms with van der Waals surface area (Å²) in [6.45, 7) is 1.80. The largest absolute Gasteiger partial charge is 0.467 e. The fraction of sp³-hybridized carbons (Fsp3) is 0.889. The second-order valence-electron chi connectivity index (χ2n) is 3.21. The number of esters is 1. The van der Waals surface area contributed by atoms with E-state index in [2.05, 4.69) is 4.74 Å². The summed E-state index contributed by atoms with van der Waals surface area (Å²) >= 11 is 0. The smallest absolute Gasteiger partial charge is 0.335 e. The fourth-order valence-corrected chi connectivity index (χ4v) is 1.67. The van der Waals surface area contributed by atoms with Crippen molar-refractivity contribution in [2.75, 3.05) is 21.3 Å². The van der Waals surface area contributed by atoms with Gasteiger partial charge >= 0.3 is 5.97 Å². The number of ether oxygens (including phenoxy) is 4. The third-order valence-electron chi connectivity index (χ3n) is 2.61. The van der Waals surface area contributed by atoms with Crippen LogP contribution in [0.1, 0.15) is 13.3 Å². The minimum Gasteiger partial charge on any atom is -0.467 e. The van der Waals surface area contributed by atoms with Crippen LogP contribution in [0.4, 0.5) is 0 Å². The highest BCUT2D eigenvalue weighted by Gasteiger charge is 2.50. The van der Waals surface area contributed by atoms with Gasteiger partial charge in [0.05, 0.1) is 7.11 Å². The number of carbonyl (C=O) groups is 1. The van der Waals surface area contributed by atoms with Crippen molar-refractivity contribution in [3.8, 4) is 0 Å². The topological polar surface area (TPSA) is 54.0 Å². The molecule has 82 valence electrons. The fourth-order valence-electron chi connectivity index (χ4n) is 1.67. The molecular weight excluding hydrogens is 188 g/mol. The van der Waals surface area contributed by atoms with Gasteiger partial charge in [-0.3, -0.25) is 0 Å². The van der Waals surface area contributed by atoms with Crippen molar-refractivity contribution >= 4 is 5.97 Å². The third-order valence-corrected chi connectivity index (χ3v) is 2.61. The van der Waals surface area contributed by atoms with Crippen molar-refractivity contribution in [1.82, 2.24) is 0 Å². The lowest BCUT2D eigenvalue weighted by molar-refractivity contribution is -0.227. The third kappa shape index (κ3) is 1.75. The molecule has 0 aromatic carbocycles. The summed E-state index contributed by atoms with van der Waals surface area (Å²) in [5.41, 5.74) is 0. The standard InChI is InChI=1S/C9H16O5/c1-6-9(12-3,13-4)5-7(14-6)8(10)11-2/h6-7H,5H2,1-4H3. The molecule has 5 heteroatoms. The number of methoxy groups -OCH3 is 3. The van der Waals surface area contributed by atoms with Gasteiger partial charge in [-0.15, -0.1) is 0 Å². The van der Waals surface area contributed by atoms with E-state index in [0.717, 1.165) is 0 Å². The Labute approximate surface area is 83.3 Å². The molecule has 0 saturated carbocycles. The molecule has 1 aliphatic heterocycles. The molecule has 0 aliphatic carbocycles. The molecule has 0 bridgehead atoms. The van der Waals surface area contributed by atoms with Gasteiger partial charge < -0.3 is 18.9 Å². The van der Waals surface area contributed by atoms with E-state index in [4.69, 9.17) is 14.2 Å². The van der Waals surface area contributed by atoms with Crippen molar-refractivity contribution in [1.29, 1.82) is 0 Å². The number of hydrogen-bond donors (Lipinski definition) is 0. The number of rotatable bonds is 3. The Morgan fingerprint density at radius 2 is 1.93 bits per heavy atom. The molecule has 14 heavy (non-hydrogen) atoms. The molecule has 0 aromatic heterocycles. The second kappa shape index (κ2) is 4.25. The molecule has 1 saturated heterocycles. The second-order valence-corrected chi connectivity index (χ2v) is 3.21. The van der Waals surface area contributed by atoms with Gasteiger partial charge in [-0.05, 0) is 6.92 Å². The Kier molecular flexibility index (Phi) is 3.47. The van der Waals surface area contributed by atoms with Gasteiger partial charge in [-0.2, -0.15) is 0 Å². The first kappa shape index (κ1) is 11.4. The first-order valence-electron chi connectivity index (χ1n) is 4.43. The first-order chi connectivity index (χ1) is 6.59. The van der Waals surface area contributed by atoms with Crippen molar-refractivity contribution in [3.05, 3.63) is 0 Å². The Morgan fingerprint density at radius 1 is 1.36 bits per heavy atom. The van der Waals surface area contributed by atoms with Crippen LogP contribution in [0, 0.1) is 0 Å². The van der Waals surface area contributed by atoms with E-state index in [-0.39, 0.29) is 6.10 Å². The molecule has 1 aliphatic rings. The highest BCUT2D eigenvalue weighted by atomic mass is 16.7. The summed E-state index contributed by atoms with van der Waals surface area (Å²) in [7, 11) is 4.39. The van der Waals surface area contributed by atoms with Crippen molar-refractivity contribution < 1.29 is 23.7 Å². The lowest BCUT2D eigenvalue weighted by Crippen LogP contribution is -2.40. The van der Waals surface area contributed by atoms with Crippen LogP contribution in [0.5, 0.6) is 0 Å². The van der Waals surface area contributed by atoms with Crippen LogP contribution in [0.25, 0.3) is 0 Å². The van der Waals surface area contributed by atoms with E-state index in [1.807, 2.05) is 0 Å². The van der Waals surface area contributed by atoms with Gasteiger partial charge in [-0.25, -0.2) is 4.79 Å². The van der Waals surface area contributed by atoms with Crippen LogP contribution in [0.2, 0.25) is 0 Å². The maximum atomic E-state index is 11.2. The van der Waals surface area contributed by atoms with E-state index in [0.29, 0.717) is 6.42 Å². The van der Waals surface area contributed by atoms with Crippen LogP contribution in [0.15, 0.2) is 0 Å². The lowest BCUT2D eigenvalue weighted by atomic mass is 10.1. The number of hydrogen-bond acceptors (Lipinski definition) is 5. The zero-order chi connectivity index (χ0) is 10.8. The van der Waals surface area contributed by atoms with Gasteiger partial charge in [0.1, 0.15) is 6.10 Å². The normalized spacial score (nSPS) is 30.3. The van der Waals surface area contributed by atoms with Crippen LogP contribution in [-0.4, -0.2) is 45.3 Å². The Balaban J connectivity index is 2.72. The van der Waals surface area contributed by atoms with Gasteiger partial charge in [0.25, 0.3) is 0 Å². The molecule has 0 amide bonds. The quantitative estimate of drug-likeness (QED) is 0.489. The average Bonchev–Trinajstić information content (AvgIpc) is 2.55. The van der Waals surface area contributed by atoms with Gasteiger partial charge in [-0.1, -0.05) is 0 Å². The summed E-state index contributed by atoms with van der Waals surface area (Å²) in [5.74, 6) is -1.23. The average molecular weight is 204 g/mol. The zero-order valence-corrected chi connectivity index (χ0v) is 8.90. The van der Waals surface area contributed by atoms with Crippen LogP contribution < -0.4 is 0 Å². The summed E-state index contributed by atoms with van der Waals surface area (Å²) in [6, 6.07) is 0.